The van der Waals surface area contributed by atoms with Gasteiger partial charge in [0, 0.05) is 6.42 Å². The number of benzene rings is 1. The fourth-order valence-corrected chi connectivity index (χ4v) is 4.11. The van der Waals surface area contributed by atoms with Gasteiger partial charge in [0.05, 0.1) is 5.38 Å². The Morgan fingerprint density at radius 2 is 2.00 bits per heavy atom. The summed E-state index contributed by atoms with van der Waals surface area (Å²) in [6.07, 6.45) is 10.5. The smallest absolute Gasteiger partial charge is 0.123 e. The molecule has 1 atom stereocenters. The Morgan fingerprint density at radius 1 is 1.24 bits per heavy atom. The van der Waals surface area contributed by atoms with Gasteiger partial charge in [0.15, 0.2) is 0 Å². The molecule has 1 aromatic rings. The average molecular weight is 307 g/mol. The molecule has 0 bridgehead atoms. The van der Waals surface area contributed by atoms with E-state index in [1.54, 1.807) is 0 Å². The molecule has 116 valence electrons. The molecule has 0 aromatic heterocycles. The van der Waals surface area contributed by atoms with Crippen LogP contribution in [0.3, 0.4) is 0 Å². The second-order valence-corrected chi connectivity index (χ2v) is 7.98. The molecule has 0 spiro atoms. The van der Waals surface area contributed by atoms with Gasteiger partial charge in [-0.1, -0.05) is 44.2 Å². The SMILES string of the molecule is CC1(C)Cc2cc(C(Cl)CCC3CCCCC3)ccc2O1. The van der Waals surface area contributed by atoms with Gasteiger partial charge in [-0.05, 0) is 49.8 Å². The van der Waals surface area contributed by atoms with Crippen LogP contribution in [-0.4, -0.2) is 5.60 Å². The third-order valence-corrected chi connectivity index (χ3v) is 5.47. The van der Waals surface area contributed by atoms with Gasteiger partial charge in [0.2, 0.25) is 0 Å². The average Bonchev–Trinajstić information content (AvgIpc) is 2.78. The highest BCUT2D eigenvalue weighted by Crippen LogP contribution is 2.39. The minimum atomic E-state index is -0.0646. The molecule has 0 N–H and O–H groups in total. The molecule has 2 heteroatoms. The van der Waals surface area contributed by atoms with Crippen molar-refractivity contribution in [2.45, 2.75) is 76.2 Å². The van der Waals surface area contributed by atoms with Crippen LogP contribution in [-0.2, 0) is 6.42 Å². The molecule has 1 fully saturated rings. The fraction of sp³-hybridized carbons (Fsp3) is 0.684. The zero-order valence-corrected chi connectivity index (χ0v) is 14.1. The summed E-state index contributed by atoms with van der Waals surface area (Å²) in [4.78, 5) is 0. The van der Waals surface area contributed by atoms with Crippen LogP contribution < -0.4 is 4.74 Å². The molecule has 3 rings (SSSR count). The van der Waals surface area contributed by atoms with E-state index in [4.69, 9.17) is 16.3 Å². The second kappa shape index (κ2) is 6.20. The zero-order valence-electron chi connectivity index (χ0n) is 13.3. The van der Waals surface area contributed by atoms with Gasteiger partial charge in [0.25, 0.3) is 0 Å². The van der Waals surface area contributed by atoms with Gasteiger partial charge in [-0.15, -0.1) is 11.6 Å². The number of halogens is 1. The van der Waals surface area contributed by atoms with Gasteiger partial charge in [0.1, 0.15) is 11.4 Å². The van der Waals surface area contributed by atoms with Gasteiger partial charge in [-0.2, -0.15) is 0 Å². The predicted octanol–water partition coefficient (Wildman–Crippen LogP) is 6.04. The van der Waals surface area contributed by atoms with Crippen molar-refractivity contribution in [2.24, 2.45) is 5.92 Å². The van der Waals surface area contributed by atoms with E-state index in [1.165, 1.54) is 49.7 Å². The molecule has 1 unspecified atom stereocenters. The van der Waals surface area contributed by atoms with E-state index in [0.29, 0.717) is 0 Å². The lowest BCUT2D eigenvalue weighted by Gasteiger charge is -2.22. The molecule has 1 nitrogen and oxygen atoms in total. The van der Waals surface area contributed by atoms with E-state index < -0.39 is 0 Å². The van der Waals surface area contributed by atoms with E-state index in [9.17, 15) is 0 Å². The van der Waals surface area contributed by atoms with Crippen LogP contribution in [0.1, 0.15) is 75.3 Å². The van der Waals surface area contributed by atoms with Crippen molar-refractivity contribution < 1.29 is 4.74 Å². The highest BCUT2D eigenvalue weighted by atomic mass is 35.5. The Morgan fingerprint density at radius 3 is 2.76 bits per heavy atom. The van der Waals surface area contributed by atoms with Gasteiger partial charge in [-0.3, -0.25) is 0 Å². The van der Waals surface area contributed by atoms with Crippen LogP contribution in [0.5, 0.6) is 5.75 Å². The van der Waals surface area contributed by atoms with Gasteiger partial charge < -0.3 is 4.74 Å². The van der Waals surface area contributed by atoms with E-state index in [0.717, 1.165) is 24.5 Å². The first-order valence-electron chi connectivity index (χ1n) is 8.49. The number of rotatable bonds is 4. The maximum atomic E-state index is 6.66. The number of ether oxygens (including phenoxy) is 1. The summed E-state index contributed by atoms with van der Waals surface area (Å²) in [5.74, 6) is 1.96. The lowest BCUT2D eigenvalue weighted by molar-refractivity contribution is 0.138. The summed E-state index contributed by atoms with van der Waals surface area (Å²) in [7, 11) is 0. The van der Waals surface area contributed by atoms with Crippen LogP contribution in [0.4, 0.5) is 0 Å². The first-order valence-corrected chi connectivity index (χ1v) is 8.93. The molecule has 1 aliphatic heterocycles. The molecule has 1 saturated carbocycles. The minimum Gasteiger partial charge on any atom is -0.487 e. The summed E-state index contributed by atoms with van der Waals surface area (Å²) in [6.45, 7) is 4.29. The summed E-state index contributed by atoms with van der Waals surface area (Å²) < 4.78 is 5.94. The third-order valence-electron chi connectivity index (χ3n) is 5.00. The van der Waals surface area contributed by atoms with Gasteiger partial charge >= 0.3 is 0 Å². The van der Waals surface area contributed by atoms with Crippen molar-refractivity contribution >= 4 is 11.6 Å². The quantitative estimate of drug-likeness (QED) is 0.616. The van der Waals surface area contributed by atoms with E-state index in [1.807, 2.05) is 0 Å². The zero-order chi connectivity index (χ0) is 14.9. The fourth-order valence-electron chi connectivity index (χ4n) is 3.85. The van der Waals surface area contributed by atoms with E-state index in [-0.39, 0.29) is 11.0 Å². The van der Waals surface area contributed by atoms with Crippen molar-refractivity contribution in [1.82, 2.24) is 0 Å². The van der Waals surface area contributed by atoms with Crippen molar-refractivity contribution in [3.8, 4) is 5.75 Å². The maximum absolute atomic E-state index is 6.66. The van der Waals surface area contributed by atoms with Crippen molar-refractivity contribution in [2.75, 3.05) is 0 Å². The molecular formula is C19H27ClO. The highest BCUT2D eigenvalue weighted by Gasteiger charge is 2.30. The maximum Gasteiger partial charge on any atom is 0.123 e. The first kappa shape index (κ1) is 15.2. The van der Waals surface area contributed by atoms with Crippen LogP contribution >= 0.6 is 11.6 Å². The summed E-state index contributed by atoms with van der Waals surface area (Å²) in [5.41, 5.74) is 2.53. The highest BCUT2D eigenvalue weighted by molar-refractivity contribution is 6.20. The molecule has 0 saturated heterocycles. The first-order chi connectivity index (χ1) is 10.0. The van der Waals surface area contributed by atoms with Crippen LogP contribution in [0, 0.1) is 5.92 Å². The van der Waals surface area contributed by atoms with E-state index >= 15 is 0 Å². The summed E-state index contributed by atoms with van der Waals surface area (Å²) >= 11 is 6.66. The van der Waals surface area contributed by atoms with Crippen LogP contribution in [0.25, 0.3) is 0 Å². The molecule has 21 heavy (non-hydrogen) atoms. The summed E-state index contributed by atoms with van der Waals surface area (Å²) in [5, 5.41) is 0.154. The second-order valence-electron chi connectivity index (χ2n) is 7.45. The Labute approximate surface area is 134 Å². The number of hydrogen-bond donors (Lipinski definition) is 0. The van der Waals surface area contributed by atoms with Crippen molar-refractivity contribution in [3.05, 3.63) is 29.3 Å². The standard InChI is InChI=1S/C19H27ClO/c1-19(2)13-16-12-15(9-11-18(16)21-19)17(20)10-8-14-6-4-3-5-7-14/h9,11-12,14,17H,3-8,10,13H2,1-2H3. The largest absolute Gasteiger partial charge is 0.487 e. The molecular weight excluding hydrogens is 280 g/mol. The van der Waals surface area contributed by atoms with Crippen LogP contribution in [0.15, 0.2) is 18.2 Å². The summed E-state index contributed by atoms with van der Waals surface area (Å²) in [6, 6.07) is 6.52. The van der Waals surface area contributed by atoms with E-state index in [2.05, 4.69) is 32.0 Å². The molecule has 1 aromatic carbocycles. The lowest BCUT2D eigenvalue weighted by Crippen LogP contribution is -2.24. The Bertz CT molecular complexity index is 488. The van der Waals surface area contributed by atoms with Gasteiger partial charge in [-0.25, -0.2) is 0 Å². The Balaban J connectivity index is 1.59. The molecule has 0 radical (unpaired) electrons. The minimum absolute atomic E-state index is 0.0646. The number of alkyl halides is 1. The number of hydrogen-bond acceptors (Lipinski definition) is 1. The predicted molar refractivity (Wildman–Crippen MR) is 89.3 cm³/mol. The molecule has 2 aliphatic rings. The third kappa shape index (κ3) is 3.74. The lowest BCUT2D eigenvalue weighted by atomic mass is 9.85. The molecule has 0 amide bonds. The number of fused-ring (bicyclic) bond motifs is 1. The Kier molecular flexibility index (Phi) is 4.49. The molecule has 1 heterocycles. The normalized spacial score (nSPS) is 22.6. The monoisotopic (exact) mass is 306 g/mol. The molecule has 1 aliphatic carbocycles. The topological polar surface area (TPSA) is 9.23 Å². The van der Waals surface area contributed by atoms with Crippen molar-refractivity contribution in [3.63, 3.8) is 0 Å². The Hall–Kier alpha value is -0.690. The van der Waals surface area contributed by atoms with Crippen molar-refractivity contribution in [1.29, 1.82) is 0 Å². The van der Waals surface area contributed by atoms with Crippen LogP contribution in [0.2, 0.25) is 0 Å².